The summed E-state index contributed by atoms with van der Waals surface area (Å²) in [6, 6.07) is -0.0977. The fourth-order valence-electron chi connectivity index (χ4n) is 1.43. The molecule has 0 aromatic carbocycles. The van der Waals surface area contributed by atoms with E-state index in [1.165, 1.54) is 22.7 Å². The minimum atomic E-state index is -0.872. The molecule has 2 aromatic rings. The number of thiazole rings is 2. The number of hydrogen-bond donors (Lipinski definition) is 2. The highest BCUT2D eigenvalue weighted by molar-refractivity contribution is 7.07. The first-order valence-corrected chi connectivity index (χ1v) is 6.84. The molecule has 1 unspecified atom stereocenters. The van der Waals surface area contributed by atoms with E-state index in [0.717, 1.165) is 11.4 Å². The van der Waals surface area contributed by atoms with E-state index in [2.05, 4.69) is 15.3 Å². The second-order valence-corrected chi connectivity index (χ2v) is 4.86. The Morgan fingerprint density at radius 3 is 2.71 bits per heavy atom. The summed E-state index contributed by atoms with van der Waals surface area (Å²) < 4.78 is 0. The largest absolute Gasteiger partial charge is 0.480 e. The number of nitrogens with zero attached hydrogens (tertiary/aromatic N) is 2. The highest BCUT2D eigenvalue weighted by Gasteiger charge is 2.15. The molecule has 0 radical (unpaired) electrons. The first kappa shape index (κ1) is 12.2. The van der Waals surface area contributed by atoms with Gasteiger partial charge in [-0.1, -0.05) is 0 Å². The highest BCUT2D eigenvalue weighted by atomic mass is 32.1. The molecule has 1 atom stereocenters. The maximum atomic E-state index is 10.6. The Morgan fingerprint density at radius 2 is 2.12 bits per heavy atom. The molecule has 7 heteroatoms. The minimum Gasteiger partial charge on any atom is -0.480 e. The van der Waals surface area contributed by atoms with E-state index in [0.29, 0.717) is 6.42 Å². The second-order valence-electron chi connectivity index (χ2n) is 3.42. The van der Waals surface area contributed by atoms with Gasteiger partial charge >= 0.3 is 5.97 Å². The maximum absolute atomic E-state index is 10.6. The first-order chi connectivity index (χ1) is 8.25. The van der Waals surface area contributed by atoms with Crippen molar-refractivity contribution < 1.29 is 9.90 Å². The third-order valence-electron chi connectivity index (χ3n) is 2.20. The second kappa shape index (κ2) is 5.85. The van der Waals surface area contributed by atoms with Crippen LogP contribution in [0.1, 0.15) is 17.4 Å². The number of hydrogen-bond acceptors (Lipinski definition) is 6. The molecule has 0 aliphatic carbocycles. The molecule has 2 heterocycles. The van der Waals surface area contributed by atoms with E-state index < -0.39 is 5.97 Å². The lowest BCUT2D eigenvalue weighted by atomic mass is 10.1. The van der Waals surface area contributed by atoms with Crippen LogP contribution in [0.25, 0.3) is 0 Å². The molecular weight excluding hydrogens is 258 g/mol. The highest BCUT2D eigenvalue weighted by Crippen LogP contribution is 2.18. The Balaban J connectivity index is 2.04. The molecule has 0 aliphatic rings. The van der Waals surface area contributed by atoms with Gasteiger partial charge in [0.05, 0.1) is 35.0 Å². The van der Waals surface area contributed by atoms with Crippen molar-refractivity contribution in [1.82, 2.24) is 15.3 Å². The van der Waals surface area contributed by atoms with Crippen molar-refractivity contribution in [3.63, 3.8) is 0 Å². The number of carboxylic acid groups (broad SMARTS) is 1. The van der Waals surface area contributed by atoms with Crippen LogP contribution in [0, 0.1) is 0 Å². The van der Waals surface area contributed by atoms with Crippen LogP contribution in [0.4, 0.5) is 0 Å². The van der Waals surface area contributed by atoms with Crippen LogP contribution >= 0.6 is 22.7 Å². The lowest BCUT2D eigenvalue weighted by Gasteiger charge is -2.14. The van der Waals surface area contributed by atoms with Crippen molar-refractivity contribution in [2.75, 3.05) is 6.54 Å². The maximum Gasteiger partial charge on any atom is 0.317 e. The van der Waals surface area contributed by atoms with Gasteiger partial charge in [0.25, 0.3) is 0 Å². The molecule has 5 nitrogen and oxygen atoms in total. The van der Waals surface area contributed by atoms with Gasteiger partial charge in [0, 0.05) is 17.2 Å². The number of nitrogens with one attached hydrogen (secondary N) is 1. The van der Waals surface area contributed by atoms with E-state index in [-0.39, 0.29) is 12.6 Å². The lowest BCUT2D eigenvalue weighted by molar-refractivity contribution is -0.136. The molecule has 0 bridgehead atoms. The summed E-state index contributed by atoms with van der Waals surface area (Å²) >= 11 is 3.03. The molecule has 0 saturated carbocycles. The van der Waals surface area contributed by atoms with Crippen molar-refractivity contribution in [3.05, 3.63) is 33.2 Å². The van der Waals surface area contributed by atoms with E-state index in [4.69, 9.17) is 5.11 Å². The summed E-state index contributed by atoms with van der Waals surface area (Å²) in [5, 5.41) is 15.5. The smallest absolute Gasteiger partial charge is 0.317 e. The fourth-order valence-corrected chi connectivity index (χ4v) is 2.61. The average Bonchev–Trinajstić information content (AvgIpc) is 2.96. The van der Waals surface area contributed by atoms with Gasteiger partial charge in [0.15, 0.2) is 0 Å². The predicted molar refractivity (Wildman–Crippen MR) is 66.3 cm³/mol. The molecule has 0 aliphatic heterocycles. The van der Waals surface area contributed by atoms with Gasteiger partial charge in [-0.2, -0.15) is 0 Å². The molecule has 90 valence electrons. The molecule has 0 amide bonds. The monoisotopic (exact) mass is 269 g/mol. The van der Waals surface area contributed by atoms with Gasteiger partial charge in [-0.25, -0.2) is 9.97 Å². The third-order valence-corrected chi connectivity index (χ3v) is 3.44. The Labute approximate surface area is 106 Å². The standard InChI is InChI=1S/C10H11N3O2S2/c14-10(15)2-11-8(9-4-17-6-13-9)1-7-3-16-5-12-7/h3-6,8,11H,1-2H2,(H,14,15). The van der Waals surface area contributed by atoms with Crippen LogP contribution in [-0.2, 0) is 11.2 Å². The number of carboxylic acids is 1. The topological polar surface area (TPSA) is 75.1 Å². The molecule has 2 rings (SSSR count). The first-order valence-electron chi connectivity index (χ1n) is 4.96. The van der Waals surface area contributed by atoms with E-state index >= 15 is 0 Å². The summed E-state index contributed by atoms with van der Waals surface area (Å²) in [4.78, 5) is 19.0. The van der Waals surface area contributed by atoms with Crippen molar-refractivity contribution in [1.29, 1.82) is 0 Å². The summed E-state index contributed by atoms with van der Waals surface area (Å²) in [6.45, 7) is -0.0771. The van der Waals surface area contributed by atoms with Gasteiger partial charge < -0.3 is 5.11 Å². The third kappa shape index (κ3) is 3.58. The fraction of sp³-hybridized carbons (Fsp3) is 0.300. The lowest BCUT2D eigenvalue weighted by Crippen LogP contribution is -2.29. The molecule has 2 aromatic heterocycles. The summed E-state index contributed by atoms with van der Waals surface area (Å²) in [5.74, 6) is -0.872. The van der Waals surface area contributed by atoms with E-state index in [1.54, 1.807) is 11.0 Å². The summed E-state index contributed by atoms with van der Waals surface area (Å²) in [6.07, 6.45) is 0.653. The SMILES string of the molecule is O=C(O)CNC(Cc1cscn1)c1cscn1. The van der Waals surface area contributed by atoms with Gasteiger partial charge in [0.2, 0.25) is 0 Å². The van der Waals surface area contributed by atoms with Gasteiger partial charge in [-0.15, -0.1) is 22.7 Å². The molecule has 2 N–H and O–H groups in total. The Morgan fingerprint density at radius 1 is 1.35 bits per heavy atom. The summed E-state index contributed by atoms with van der Waals surface area (Å²) in [5.41, 5.74) is 5.33. The molecule has 0 spiro atoms. The number of aromatic nitrogens is 2. The Kier molecular flexibility index (Phi) is 4.18. The summed E-state index contributed by atoms with van der Waals surface area (Å²) in [7, 11) is 0. The van der Waals surface area contributed by atoms with Crippen LogP contribution in [0.5, 0.6) is 0 Å². The molecule has 17 heavy (non-hydrogen) atoms. The van der Waals surface area contributed by atoms with Crippen LogP contribution in [0.15, 0.2) is 21.8 Å². The number of rotatable bonds is 6. The zero-order chi connectivity index (χ0) is 12.1. The van der Waals surface area contributed by atoms with Gasteiger partial charge in [0.1, 0.15) is 0 Å². The van der Waals surface area contributed by atoms with Crippen molar-refractivity contribution in [3.8, 4) is 0 Å². The van der Waals surface area contributed by atoms with Gasteiger partial charge in [-0.3, -0.25) is 10.1 Å². The van der Waals surface area contributed by atoms with Crippen molar-refractivity contribution >= 4 is 28.6 Å². The molecular formula is C10H11N3O2S2. The van der Waals surface area contributed by atoms with E-state index in [9.17, 15) is 4.79 Å². The number of aliphatic carboxylic acids is 1. The zero-order valence-electron chi connectivity index (χ0n) is 8.87. The number of carbonyl (C=O) groups is 1. The van der Waals surface area contributed by atoms with Crippen LogP contribution in [0.2, 0.25) is 0 Å². The molecule has 0 fully saturated rings. The Hall–Kier alpha value is -1.31. The van der Waals surface area contributed by atoms with Gasteiger partial charge in [-0.05, 0) is 0 Å². The molecule has 0 saturated heterocycles. The van der Waals surface area contributed by atoms with E-state index in [1.807, 2.05) is 10.8 Å². The minimum absolute atomic E-state index is 0.0771. The van der Waals surface area contributed by atoms with Crippen LogP contribution in [0.3, 0.4) is 0 Å². The average molecular weight is 269 g/mol. The normalized spacial score (nSPS) is 12.5. The quantitative estimate of drug-likeness (QED) is 0.832. The van der Waals surface area contributed by atoms with Crippen LogP contribution in [-0.4, -0.2) is 27.6 Å². The Bertz CT molecular complexity index is 456. The van der Waals surface area contributed by atoms with Crippen molar-refractivity contribution in [2.45, 2.75) is 12.5 Å². The van der Waals surface area contributed by atoms with Crippen LogP contribution < -0.4 is 5.32 Å². The van der Waals surface area contributed by atoms with Crippen molar-refractivity contribution in [2.24, 2.45) is 0 Å². The zero-order valence-corrected chi connectivity index (χ0v) is 10.5. The predicted octanol–water partition coefficient (Wildman–Crippen LogP) is 1.56.